The Hall–Kier alpha value is -2.21. The van der Waals surface area contributed by atoms with Crippen LogP contribution in [0.15, 0.2) is 36.8 Å². The zero-order chi connectivity index (χ0) is 15.0. The summed E-state index contributed by atoms with van der Waals surface area (Å²) >= 11 is 0. The van der Waals surface area contributed by atoms with E-state index in [0.717, 1.165) is 56.4 Å². The van der Waals surface area contributed by atoms with Crippen LogP contribution in [0.1, 0.15) is 18.5 Å². The third-order valence-corrected chi connectivity index (χ3v) is 3.59. The van der Waals surface area contributed by atoms with Gasteiger partial charge in [-0.2, -0.15) is 0 Å². The van der Waals surface area contributed by atoms with Crippen molar-refractivity contribution < 1.29 is 4.74 Å². The van der Waals surface area contributed by atoms with Gasteiger partial charge in [0.15, 0.2) is 0 Å². The number of hydrogen-bond acceptors (Lipinski definition) is 6. The van der Waals surface area contributed by atoms with Crippen LogP contribution >= 0.6 is 0 Å². The van der Waals surface area contributed by atoms with Crippen molar-refractivity contribution in [2.75, 3.05) is 30.4 Å². The zero-order valence-corrected chi connectivity index (χ0v) is 12.5. The standard InChI is InChI=1S/C16H21N5O/c1-2-7-17-13(4-1)6-8-18-15-10-16(20-12-19-15)21-14-5-3-9-22-11-14/h1-2,4,7,10,12,14H,3,5-6,8-9,11H2,(H2,18,19,20,21)/t14-/m1/s1. The summed E-state index contributed by atoms with van der Waals surface area (Å²) in [6.45, 7) is 2.40. The molecule has 0 bridgehead atoms. The number of aromatic nitrogens is 3. The molecule has 3 rings (SSSR count). The Morgan fingerprint density at radius 1 is 1.18 bits per heavy atom. The fraction of sp³-hybridized carbons (Fsp3) is 0.438. The highest BCUT2D eigenvalue weighted by molar-refractivity contribution is 5.47. The maximum absolute atomic E-state index is 5.47. The molecule has 2 N–H and O–H groups in total. The molecule has 0 amide bonds. The fourth-order valence-electron chi connectivity index (χ4n) is 2.46. The summed E-state index contributed by atoms with van der Waals surface area (Å²) in [5, 5.41) is 6.71. The highest BCUT2D eigenvalue weighted by Gasteiger charge is 2.14. The lowest BCUT2D eigenvalue weighted by atomic mass is 10.1. The maximum atomic E-state index is 5.47. The van der Waals surface area contributed by atoms with E-state index in [1.165, 1.54) is 0 Å². The minimum Gasteiger partial charge on any atom is -0.379 e. The van der Waals surface area contributed by atoms with Crippen LogP contribution in [-0.4, -0.2) is 40.8 Å². The van der Waals surface area contributed by atoms with E-state index in [1.807, 2.05) is 30.5 Å². The lowest BCUT2D eigenvalue weighted by molar-refractivity contribution is 0.0875. The Kier molecular flexibility index (Phi) is 5.15. The number of anilines is 2. The van der Waals surface area contributed by atoms with Gasteiger partial charge in [0.05, 0.1) is 12.6 Å². The van der Waals surface area contributed by atoms with Crippen molar-refractivity contribution in [3.05, 3.63) is 42.5 Å². The molecule has 2 aromatic rings. The molecule has 1 aliphatic rings. The third-order valence-electron chi connectivity index (χ3n) is 3.59. The van der Waals surface area contributed by atoms with Crippen LogP contribution in [0.5, 0.6) is 0 Å². The lowest BCUT2D eigenvalue weighted by Gasteiger charge is -2.23. The molecule has 1 fully saturated rings. The van der Waals surface area contributed by atoms with Gasteiger partial charge in [-0.05, 0) is 25.0 Å². The van der Waals surface area contributed by atoms with Crippen LogP contribution in [0, 0.1) is 0 Å². The molecule has 0 spiro atoms. The summed E-state index contributed by atoms with van der Waals surface area (Å²) in [4.78, 5) is 12.8. The van der Waals surface area contributed by atoms with E-state index in [2.05, 4.69) is 25.6 Å². The molecule has 0 unspecified atom stereocenters. The first-order valence-electron chi connectivity index (χ1n) is 7.70. The fourth-order valence-corrected chi connectivity index (χ4v) is 2.46. The van der Waals surface area contributed by atoms with Gasteiger partial charge in [0.2, 0.25) is 0 Å². The lowest BCUT2D eigenvalue weighted by Crippen LogP contribution is -2.30. The summed E-state index contributed by atoms with van der Waals surface area (Å²) in [5.74, 6) is 1.66. The molecule has 1 saturated heterocycles. The first kappa shape index (κ1) is 14.7. The summed E-state index contributed by atoms with van der Waals surface area (Å²) in [5.41, 5.74) is 1.07. The molecular weight excluding hydrogens is 278 g/mol. The molecule has 1 aliphatic heterocycles. The highest BCUT2D eigenvalue weighted by atomic mass is 16.5. The average molecular weight is 299 g/mol. The summed E-state index contributed by atoms with van der Waals surface area (Å²) in [6, 6.07) is 8.23. The molecule has 0 radical (unpaired) electrons. The zero-order valence-electron chi connectivity index (χ0n) is 12.5. The van der Waals surface area contributed by atoms with E-state index < -0.39 is 0 Å². The van der Waals surface area contributed by atoms with Gasteiger partial charge in [-0.3, -0.25) is 4.98 Å². The van der Waals surface area contributed by atoms with E-state index in [0.29, 0.717) is 6.04 Å². The second-order valence-corrected chi connectivity index (χ2v) is 5.34. The van der Waals surface area contributed by atoms with E-state index in [-0.39, 0.29) is 0 Å². The number of rotatable bonds is 6. The van der Waals surface area contributed by atoms with Crippen LogP contribution < -0.4 is 10.6 Å². The molecule has 6 nitrogen and oxygen atoms in total. The van der Waals surface area contributed by atoms with Crippen molar-refractivity contribution in [2.24, 2.45) is 0 Å². The number of nitrogens with zero attached hydrogens (tertiary/aromatic N) is 3. The van der Waals surface area contributed by atoms with Crippen molar-refractivity contribution in [2.45, 2.75) is 25.3 Å². The minimum absolute atomic E-state index is 0.338. The van der Waals surface area contributed by atoms with Crippen molar-refractivity contribution in [3.8, 4) is 0 Å². The third kappa shape index (κ3) is 4.39. The molecule has 0 aromatic carbocycles. The second kappa shape index (κ2) is 7.70. The molecule has 3 heterocycles. The molecular formula is C16H21N5O. The average Bonchev–Trinajstić information content (AvgIpc) is 2.57. The van der Waals surface area contributed by atoms with Gasteiger partial charge in [-0.1, -0.05) is 6.07 Å². The van der Waals surface area contributed by atoms with Gasteiger partial charge in [0.1, 0.15) is 18.0 Å². The van der Waals surface area contributed by atoms with E-state index in [1.54, 1.807) is 6.33 Å². The van der Waals surface area contributed by atoms with Gasteiger partial charge >= 0.3 is 0 Å². The quantitative estimate of drug-likeness (QED) is 0.851. The Bertz CT molecular complexity index is 572. The summed E-state index contributed by atoms with van der Waals surface area (Å²) in [6.07, 6.45) is 6.47. The molecule has 22 heavy (non-hydrogen) atoms. The smallest absolute Gasteiger partial charge is 0.131 e. The summed E-state index contributed by atoms with van der Waals surface area (Å²) in [7, 11) is 0. The van der Waals surface area contributed by atoms with Gasteiger partial charge in [0.25, 0.3) is 0 Å². The molecule has 1 atom stereocenters. The van der Waals surface area contributed by atoms with Crippen molar-refractivity contribution in [3.63, 3.8) is 0 Å². The Balaban J connectivity index is 1.50. The van der Waals surface area contributed by atoms with Crippen LogP contribution in [0.3, 0.4) is 0 Å². The maximum Gasteiger partial charge on any atom is 0.131 e. The van der Waals surface area contributed by atoms with Gasteiger partial charge in [-0.25, -0.2) is 9.97 Å². The number of ether oxygens (including phenoxy) is 1. The summed E-state index contributed by atoms with van der Waals surface area (Å²) < 4.78 is 5.47. The highest BCUT2D eigenvalue weighted by Crippen LogP contribution is 2.14. The van der Waals surface area contributed by atoms with Crippen LogP contribution in [-0.2, 0) is 11.2 Å². The first-order valence-corrected chi connectivity index (χ1v) is 7.70. The molecule has 0 aliphatic carbocycles. The topological polar surface area (TPSA) is 72.0 Å². The first-order chi connectivity index (χ1) is 10.9. The number of hydrogen-bond donors (Lipinski definition) is 2. The normalized spacial score (nSPS) is 17.9. The predicted octanol–water partition coefficient (Wildman–Crippen LogP) is 2.12. The predicted molar refractivity (Wildman–Crippen MR) is 85.9 cm³/mol. The Labute approximate surface area is 130 Å². The number of nitrogens with one attached hydrogen (secondary N) is 2. The number of pyridine rings is 1. The molecule has 6 heteroatoms. The molecule has 2 aromatic heterocycles. The monoisotopic (exact) mass is 299 g/mol. The molecule has 0 saturated carbocycles. The Morgan fingerprint density at radius 3 is 2.95 bits per heavy atom. The SMILES string of the molecule is c1ccc(CCNc2cc(N[C@@H]3CCCOC3)ncn2)nc1. The van der Waals surface area contributed by atoms with E-state index >= 15 is 0 Å². The van der Waals surface area contributed by atoms with Gasteiger partial charge < -0.3 is 15.4 Å². The Morgan fingerprint density at radius 2 is 2.14 bits per heavy atom. The van der Waals surface area contributed by atoms with E-state index in [4.69, 9.17) is 4.74 Å². The minimum atomic E-state index is 0.338. The van der Waals surface area contributed by atoms with Gasteiger partial charge in [-0.15, -0.1) is 0 Å². The van der Waals surface area contributed by atoms with Crippen molar-refractivity contribution >= 4 is 11.6 Å². The van der Waals surface area contributed by atoms with Crippen LogP contribution in [0.25, 0.3) is 0 Å². The van der Waals surface area contributed by atoms with Gasteiger partial charge in [0, 0.05) is 37.5 Å². The molecule has 116 valence electrons. The largest absolute Gasteiger partial charge is 0.379 e. The van der Waals surface area contributed by atoms with Crippen molar-refractivity contribution in [1.82, 2.24) is 15.0 Å². The van der Waals surface area contributed by atoms with Crippen LogP contribution in [0.2, 0.25) is 0 Å². The van der Waals surface area contributed by atoms with Crippen LogP contribution in [0.4, 0.5) is 11.6 Å². The van der Waals surface area contributed by atoms with E-state index in [9.17, 15) is 0 Å². The second-order valence-electron chi connectivity index (χ2n) is 5.34. The van der Waals surface area contributed by atoms with Crippen molar-refractivity contribution in [1.29, 1.82) is 0 Å².